The Labute approximate surface area is 116 Å². The van der Waals surface area contributed by atoms with Crippen LogP contribution in [0.4, 0.5) is 10.1 Å². The number of ether oxygens (including phenoxy) is 1. The first-order valence-corrected chi connectivity index (χ1v) is 6.38. The molecule has 0 saturated heterocycles. The summed E-state index contributed by atoms with van der Waals surface area (Å²) in [6.07, 6.45) is 0. The van der Waals surface area contributed by atoms with E-state index < -0.39 is 11.4 Å². The predicted octanol–water partition coefficient (Wildman–Crippen LogP) is 1.88. The molecule has 0 radical (unpaired) electrons. The number of halogens is 1. The van der Waals surface area contributed by atoms with E-state index in [9.17, 15) is 4.39 Å². The lowest BCUT2D eigenvalue weighted by Crippen LogP contribution is -2.31. The first-order valence-electron chi connectivity index (χ1n) is 6.38. The highest BCUT2D eigenvalue weighted by atomic mass is 19.1. The van der Waals surface area contributed by atoms with E-state index in [-0.39, 0.29) is 0 Å². The zero-order valence-electron chi connectivity index (χ0n) is 11.8. The van der Waals surface area contributed by atoms with Gasteiger partial charge in [-0.2, -0.15) is 0 Å². The maximum Gasteiger partial charge on any atom is 0.185 e. The largest absolute Gasteiger partial charge is 0.399 e. The smallest absolute Gasteiger partial charge is 0.185 e. The molecule has 1 aromatic carbocycles. The molecular formula is C13H18FN5O. The van der Waals surface area contributed by atoms with Crippen molar-refractivity contribution in [1.82, 2.24) is 20.2 Å². The number of aromatic nitrogens is 4. The molecule has 2 N–H and O–H groups in total. The standard InChI is InChI=1S/C13H18FN5O/c1-4-20-13(2,3)8-19-12(16-17-18-19)10-6-5-9(15)7-11(10)14/h5-7H,4,8,15H2,1-3H3. The molecule has 7 heteroatoms. The maximum atomic E-state index is 14.0. The average Bonchev–Trinajstić information content (AvgIpc) is 2.76. The van der Waals surface area contributed by atoms with Crippen molar-refractivity contribution in [2.75, 3.05) is 12.3 Å². The fraction of sp³-hybridized carbons (Fsp3) is 0.462. The molecule has 0 saturated carbocycles. The van der Waals surface area contributed by atoms with Gasteiger partial charge in [-0.25, -0.2) is 9.07 Å². The molecule has 0 bridgehead atoms. The predicted molar refractivity (Wildman–Crippen MR) is 73.3 cm³/mol. The van der Waals surface area contributed by atoms with Crippen molar-refractivity contribution in [2.45, 2.75) is 32.9 Å². The Morgan fingerprint density at radius 2 is 2.15 bits per heavy atom. The summed E-state index contributed by atoms with van der Waals surface area (Å²) in [5, 5.41) is 11.4. The van der Waals surface area contributed by atoms with Crippen LogP contribution in [0.1, 0.15) is 20.8 Å². The summed E-state index contributed by atoms with van der Waals surface area (Å²) in [5.74, 6) is -0.0921. The Morgan fingerprint density at radius 1 is 1.40 bits per heavy atom. The molecule has 108 valence electrons. The number of benzene rings is 1. The highest BCUT2D eigenvalue weighted by Crippen LogP contribution is 2.23. The van der Waals surface area contributed by atoms with Crippen molar-refractivity contribution < 1.29 is 9.13 Å². The van der Waals surface area contributed by atoms with Gasteiger partial charge in [0.2, 0.25) is 0 Å². The zero-order chi connectivity index (χ0) is 14.8. The van der Waals surface area contributed by atoms with E-state index in [1.807, 2.05) is 20.8 Å². The van der Waals surface area contributed by atoms with Crippen LogP contribution in [-0.2, 0) is 11.3 Å². The van der Waals surface area contributed by atoms with E-state index in [0.29, 0.717) is 30.2 Å². The average molecular weight is 279 g/mol. The minimum atomic E-state index is -0.449. The van der Waals surface area contributed by atoms with E-state index in [2.05, 4.69) is 15.5 Å². The number of hydrogen-bond donors (Lipinski definition) is 1. The Hall–Kier alpha value is -2.02. The third-order valence-corrected chi connectivity index (χ3v) is 2.83. The van der Waals surface area contributed by atoms with Crippen LogP contribution in [0.25, 0.3) is 11.4 Å². The van der Waals surface area contributed by atoms with Gasteiger partial charge in [0.25, 0.3) is 0 Å². The highest BCUT2D eigenvalue weighted by Gasteiger charge is 2.23. The molecular weight excluding hydrogens is 261 g/mol. The molecule has 0 amide bonds. The van der Waals surface area contributed by atoms with Gasteiger partial charge in [-0.1, -0.05) is 0 Å². The number of hydrogen-bond acceptors (Lipinski definition) is 5. The van der Waals surface area contributed by atoms with Gasteiger partial charge in [-0.3, -0.25) is 0 Å². The Balaban J connectivity index is 2.33. The van der Waals surface area contributed by atoms with E-state index in [1.165, 1.54) is 10.7 Å². The molecule has 0 unspecified atom stereocenters. The second kappa shape index (κ2) is 5.54. The molecule has 0 spiro atoms. The fourth-order valence-electron chi connectivity index (χ4n) is 2.01. The van der Waals surface area contributed by atoms with Gasteiger partial charge >= 0.3 is 0 Å². The summed E-state index contributed by atoms with van der Waals surface area (Å²) >= 11 is 0. The molecule has 1 heterocycles. The van der Waals surface area contributed by atoms with Crippen LogP contribution < -0.4 is 5.73 Å². The highest BCUT2D eigenvalue weighted by molar-refractivity contribution is 5.59. The quantitative estimate of drug-likeness (QED) is 0.845. The summed E-state index contributed by atoms with van der Waals surface area (Å²) in [4.78, 5) is 0. The van der Waals surface area contributed by atoms with E-state index >= 15 is 0 Å². The zero-order valence-corrected chi connectivity index (χ0v) is 11.8. The van der Waals surface area contributed by atoms with Gasteiger partial charge in [0.05, 0.1) is 17.7 Å². The molecule has 2 aromatic rings. The van der Waals surface area contributed by atoms with Gasteiger partial charge in [-0.15, -0.1) is 5.10 Å². The van der Waals surface area contributed by atoms with Crippen LogP contribution in [0.15, 0.2) is 18.2 Å². The molecule has 0 aliphatic rings. The molecule has 1 aromatic heterocycles. The maximum absolute atomic E-state index is 14.0. The van der Waals surface area contributed by atoms with Gasteiger partial charge < -0.3 is 10.5 Å². The lowest BCUT2D eigenvalue weighted by atomic mass is 10.1. The van der Waals surface area contributed by atoms with Crippen LogP contribution in [-0.4, -0.2) is 32.4 Å². The summed E-state index contributed by atoms with van der Waals surface area (Å²) in [5.41, 5.74) is 5.78. The SMILES string of the molecule is CCOC(C)(C)Cn1nnnc1-c1ccc(N)cc1F. The topological polar surface area (TPSA) is 78.8 Å². The molecule has 0 aliphatic heterocycles. The second-order valence-corrected chi connectivity index (χ2v) is 5.09. The first-order chi connectivity index (χ1) is 9.43. The van der Waals surface area contributed by atoms with E-state index in [1.54, 1.807) is 12.1 Å². The normalized spacial score (nSPS) is 11.8. The Kier molecular flexibility index (Phi) is 3.99. The fourth-order valence-corrected chi connectivity index (χ4v) is 2.01. The lowest BCUT2D eigenvalue weighted by Gasteiger charge is -2.24. The minimum Gasteiger partial charge on any atom is -0.399 e. The van der Waals surface area contributed by atoms with E-state index in [4.69, 9.17) is 10.5 Å². The third-order valence-electron chi connectivity index (χ3n) is 2.83. The monoisotopic (exact) mass is 279 g/mol. The number of anilines is 1. The first kappa shape index (κ1) is 14.4. The molecule has 2 rings (SSSR count). The minimum absolute atomic E-state index is 0.316. The Bertz CT molecular complexity index is 596. The summed E-state index contributed by atoms with van der Waals surface area (Å²) in [7, 11) is 0. The van der Waals surface area contributed by atoms with Crippen molar-refractivity contribution in [3.63, 3.8) is 0 Å². The van der Waals surface area contributed by atoms with Crippen molar-refractivity contribution in [3.8, 4) is 11.4 Å². The summed E-state index contributed by atoms with van der Waals surface area (Å²) < 4.78 is 21.1. The number of nitrogen functional groups attached to an aromatic ring is 1. The lowest BCUT2D eigenvalue weighted by molar-refractivity contribution is -0.0247. The number of rotatable bonds is 5. The summed E-state index contributed by atoms with van der Waals surface area (Å²) in [6, 6.07) is 4.44. The molecule has 0 aliphatic carbocycles. The van der Waals surface area contributed by atoms with Crippen LogP contribution in [0.5, 0.6) is 0 Å². The van der Waals surface area contributed by atoms with Gasteiger partial charge in [-0.05, 0) is 49.4 Å². The van der Waals surface area contributed by atoms with Crippen LogP contribution in [0.2, 0.25) is 0 Å². The van der Waals surface area contributed by atoms with Gasteiger partial charge in [0, 0.05) is 12.3 Å². The van der Waals surface area contributed by atoms with Gasteiger partial charge in [0.1, 0.15) is 5.82 Å². The Morgan fingerprint density at radius 3 is 2.80 bits per heavy atom. The van der Waals surface area contributed by atoms with Crippen molar-refractivity contribution >= 4 is 5.69 Å². The number of nitrogens with zero attached hydrogens (tertiary/aromatic N) is 4. The van der Waals surface area contributed by atoms with Crippen LogP contribution in [0.3, 0.4) is 0 Å². The third kappa shape index (κ3) is 3.11. The number of tetrazole rings is 1. The second-order valence-electron chi connectivity index (χ2n) is 5.09. The van der Waals surface area contributed by atoms with Crippen molar-refractivity contribution in [1.29, 1.82) is 0 Å². The number of nitrogens with two attached hydrogens (primary N) is 1. The van der Waals surface area contributed by atoms with Crippen molar-refractivity contribution in [2.24, 2.45) is 0 Å². The molecule has 0 fully saturated rings. The molecule has 20 heavy (non-hydrogen) atoms. The van der Waals surface area contributed by atoms with Crippen LogP contribution >= 0.6 is 0 Å². The van der Waals surface area contributed by atoms with E-state index in [0.717, 1.165) is 0 Å². The van der Waals surface area contributed by atoms with Crippen LogP contribution in [0, 0.1) is 5.82 Å². The molecule has 0 atom stereocenters. The summed E-state index contributed by atoms with van der Waals surface area (Å²) in [6.45, 7) is 6.79. The van der Waals surface area contributed by atoms with Gasteiger partial charge in [0.15, 0.2) is 5.82 Å². The van der Waals surface area contributed by atoms with Crippen molar-refractivity contribution in [3.05, 3.63) is 24.0 Å². The molecule has 6 nitrogen and oxygen atoms in total.